The van der Waals surface area contributed by atoms with Crippen LogP contribution in [0.4, 0.5) is 21.0 Å². The number of nitrogens with zero attached hydrogens (tertiary/aromatic N) is 2. The highest BCUT2D eigenvalue weighted by Gasteiger charge is 2.43. The van der Waals surface area contributed by atoms with E-state index in [9.17, 15) is 29.8 Å². The lowest BCUT2D eigenvalue weighted by molar-refractivity contribution is -0.386. The smallest absolute Gasteiger partial charge is 0.407 e. The third kappa shape index (κ3) is 9.75. The van der Waals surface area contributed by atoms with Crippen molar-refractivity contribution in [1.29, 1.82) is 0 Å². The zero-order valence-electron chi connectivity index (χ0n) is 39.5. The summed E-state index contributed by atoms with van der Waals surface area (Å²) in [6.45, 7) is 2.63. The molecule has 0 fully saturated rings. The summed E-state index contributed by atoms with van der Waals surface area (Å²) in [5.41, 5.74) is 7.05. The molecule has 70 heavy (non-hydrogen) atoms. The van der Waals surface area contributed by atoms with E-state index in [4.69, 9.17) is 28.4 Å². The lowest BCUT2D eigenvalue weighted by Gasteiger charge is -2.27. The van der Waals surface area contributed by atoms with Crippen molar-refractivity contribution in [3.8, 4) is 45.3 Å². The quantitative estimate of drug-likeness (QED) is 0.0417. The van der Waals surface area contributed by atoms with Gasteiger partial charge in [-0.1, -0.05) is 117 Å². The zero-order valence-corrected chi connectivity index (χ0v) is 39.5. The topological polar surface area (TPSA) is 200 Å². The van der Waals surface area contributed by atoms with Gasteiger partial charge in [0, 0.05) is 13.1 Å². The molecule has 2 N–H and O–H groups in total. The number of amides is 2. The number of rotatable bonds is 20. The SMILES string of the molecule is COc1cc(C(OC(=O)NCCCCC(C)CCNC(=O)OC(c2cc(OC)c(OC)cc2[N+](=O)[O-])C2c3ccccc3-c3ccccc32)C2c3ccccc3-c3ccccc32)c([N+](=O)[O-])cc1OC. The molecule has 6 aromatic carbocycles. The first-order valence-electron chi connectivity index (χ1n) is 23.0. The third-order valence-corrected chi connectivity index (χ3v) is 13.2. The first-order chi connectivity index (χ1) is 34.0. The molecule has 0 aliphatic heterocycles. The molecule has 3 atom stereocenters. The van der Waals surface area contributed by atoms with Gasteiger partial charge in [-0.3, -0.25) is 20.2 Å². The minimum absolute atomic E-state index is 0.159. The lowest BCUT2D eigenvalue weighted by atomic mass is 9.86. The summed E-state index contributed by atoms with van der Waals surface area (Å²) in [4.78, 5) is 51.6. The van der Waals surface area contributed by atoms with E-state index in [1.807, 2.05) is 97.1 Å². The number of ether oxygens (including phenoxy) is 6. The van der Waals surface area contributed by atoms with Crippen molar-refractivity contribution in [3.05, 3.63) is 175 Å². The molecule has 0 radical (unpaired) electrons. The van der Waals surface area contributed by atoms with Crippen molar-refractivity contribution in [3.63, 3.8) is 0 Å². The predicted octanol–water partition coefficient (Wildman–Crippen LogP) is 11.6. The molecule has 2 amide bonds. The van der Waals surface area contributed by atoms with Crippen molar-refractivity contribution in [2.24, 2.45) is 5.92 Å². The van der Waals surface area contributed by atoms with Crippen molar-refractivity contribution in [2.45, 2.75) is 56.7 Å². The molecule has 6 aromatic rings. The van der Waals surface area contributed by atoms with Gasteiger partial charge in [-0.25, -0.2) is 9.59 Å². The summed E-state index contributed by atoms with van der Waals surface area (Å²) >= 11 is 0. The molecule has 362 valence electrons. The highest BCUT2D eigenvalue weighted by atomic mass is 16.6. The Morgan fingerprint density at radius 2 is 0.857 bits per heavy atom. The standard InChI is InChI=1S/C54H54N4O12/c1-32(25-27-56-54(60)70-52(42-29-46(66-3)48(68-5)31-44(42)58(63)64)50-39-23-12-8-19-35(39)36-20-9-13-24-40(36)50)16-14-15-26-55-53(59)69-51(41-28-45(65-2)47(67-4)30-43(41)57(61)62)49-37-21-10-6-17-33(37)34-18-7-11-22-38(34)49/h6-13,17-24,28-32,49-52H,14-16,25-27H2,1-5H3,(H,55,59)(H,56,60). The van der Waals surface area contributed by atoms with E-state index in [0.717, 1.165) is 57.3 Å². The first kappa shape index (κ1) is 48.3. The van der Waals surface area contributed by atoms with Crippen LogP contribution in [0.5, 0.6) is 23.0 Å². The zero-order chi connectivity index (χ0) is 49.5. The van der Waals surface area contributed by atoms with Crippen molar-refractivity contribution in [2.75, 3.05) is 41.5 Å². The average molecular weight is 951 g/mol. The van der Waals surface area contributed by atoms with Crippen LogP contribution < -0.4 is 29.6 Å². The molecule has 0 heterocycles. The fraction of sp³-hybridized carbons (Fsp3) is 0.296. The number of methoxy groups -OCH3 is 4. The predicted molar refractivity (Wildman–Crippen MR) is 262 cm³/mol. The Bertz CT molecular complexity index is 2830. The van der Waals surface area contributed by atoms with Crippen LogP contribution in [0.3, 0.4) is 0 Å². The summed E-state index contributed by atoms with van der Waals surface area (Å²) in [5, 5.41) is 30.9. The lowest BCUT2D eigenvalue weighted by Crippen LogP contribution is -2.30. The second kappa shape index (κ2) is 21.4. The van der Waals surface area contributed by atoms with Crippen molar-refractivity contribution < 1.29 is 47.9 Å². The summed E-state index contributed by atoms with van der Waals surface area (Å²) in [6.07, 6.45) is -0.946. The molecular formula is C54H54N4O12. The monoisotopic (exact) mass is 950 g/mol. The maximum atomic E-state index is 13.7. The van der Waals surface area contributed by atoms with Crippen molar-refractivity contribution >= 4 is 23.6 Å². The molecule has 3 unspecified atom stereocenters. The Hall–Kier alpha value is -8.14. The van der Waals surface area contributed by atoms with Gasteiger partial charge >= 0.3 is 12.2 Å². The maximum absolute atomic E-state index is 13.7. The van der Waals surface area contributed by atoms with E-state index >= 15 is 0 Å². The Balaban J connectivity index is 0.903. The molecule has 0 bridgehead atoms. The van der Waals surface area contributed by atoms with E-state index in [0.29, 0.717) is 12.8 Å². The number of nitrogens with one attached hydrogen (secondary N) is 2. The highest BCUT2D eigenvalue weighted by molar-refractivity contribution is 5.81. The van der Waals surface area contributed by atoms with Crippen molar-refractivity contribution in [1.82, 2.24) is 10.6 Å². The van der Waals surface area contributed by atoms with Crippen LogP contribution in [0.2, 0.25) is 0 Å². The van der Waals surface area contributed by atoms with Gasteiger partial charge in [0.25, 0.3) is 11.4 Å². The van der Waals surface area contributed by atoms with Crippen LogP contribution in [0, 0.1) is 26.1 Å². The fourth-order valence-corrected chi connectivity index (χ4v) is 9.89. The van der Waals surface area contributed by atoms with E-state index in [1.165, 1.54) is 52.7 Å². The molecule has 8 rings (SSSR count). The second-order valence-electron chi connectivity index (χ2n) is 17.2. The summed E-state index contributed by atoms with van der Waals surface area (Å²) in [6, 6.07) is 36.6. The van der Waals surface area contributed by atoms with Crippen LogP contribution in [0.25, 0.3) is 22.3 Å². The first-order valence-corrected chi connectivity index (χ1v) is 23.0. The number of carbonyl (C=O) groups is 2. The Morgan fingerprint density at radius 1 is 0.514 bits per heavy atom. The van der Waals surface area contributed by atoms with Crippen LogP contribution in [-0.2, 0) is 9.47 Å². The van der Waals surface area contributed by atoms with E-state index in [-0.39, 0.29) is 64.5 Å². The highest BCUT2D eigenvalue weighted by Crippen LogP contribution is 2.55. The van der Waals surface area contributed by atoms with E-state index in [1.54, 1.807) is 0 Å². The Morgan fingerprint density at radius 3 is 1.21 bits per heavy atom. The molecule has 0 spiro atoms. The maximum Gasteiger partial charge on any atom is 0.407 e. The van der Waals surface area contributed by atoms with Crippen LogP contribution >= 0.6 is 0 Å². The number of benzene rings is 6. The van der Waals surface area contributed by atoms with Crippen LogP contribution in [-0.4, -0.2) is 63.6 Å². The number of hydrogen-bond donors (Lipinski definition) is 2. The van der Waals surface area contributed by atoms with Gasteiger partial charge in [0.15, 0.2) is 23.0 Å². The summed E-state index contributed by atoms with van der Waals surface area (Å²) in [7, 11) is 5.67. The number of unbranched alkanes of at least 4 members (excludes halogenated alkanes) is 1. The molecule has 0 saturated heterocycles. The van der Waals surface area contributed by atoms with Gasteiger partial charge in [-0.2, -0.15) is 0 Å². The Kier molecular flexibility index (Phi) is 14.8. The normalized spacial score (nSPS) is 13.6. The number of hydrogen-bond acceptors (Lipinski definition) is 12. The number of nitro benzene ring substituents is 2. The molecule has 16 heteroatoms. The van der Waals surface area contributed by atoms with Crippen LogP contribution in [0.1, 0.15) is 90.0 Å². The average Bonchev–Trinajstić information content (AvgIpc) is 3.89. The molecule has 2 aliphatic rings. The third-order valence-electron chi connectivity index (χ3n) is 13.2. The Labute approximate surface area is 405 Å². The van der Waals surface area contributed by atoms with Gasteiger partial charge in [-0.15, -0.1) is 0 Å². The van der Waals surface area contributed by atoms with Gasteiger partial charge < -0.3 is 39.1 Å². The minimum Gasteiger partial charge on any atom is -0.493 e. The van der Waals surface area contributed by atoms with Gasteiger partial charge in [0.05, 0.1) is 73.4 Å². The number of nitro groups is 2. The van der Waals surface area contributed by atoms with E-state index in [2.05, 4.69) is 17.6 Å². The molecular weight excluding hydrogens is 897 g/mol. The van der Waals surface area contributed by atoms with Gasteiger partial charge in [0.2, 0.25) is 0 Å². The van der Waals surface area contributed by atoms with Gasteiger partial charge in [-0.05, 0) is 75.4 Å². The van der Waals surface area contributed by atoms with E-state index < -0.39 is 46.1 Å². The number of alkyl carbamates (subject to hydrolysis) is 2. The molecule has 0 aromatic heterocycles. The molecule has 16 nitrogen and oxygen atoms in total. The second-order valence-corrected chi connectivity index (χ2v) is 17.2. The number of fused-ring (bicyclic) bond motifs is 6. The summed E-state index contributed by atoms with van der Waals surface area (Å²) in [5.74, 6) is -0.110. The largest absolute Gasteiger partial charge is 0.493 e. The number of carbonyl (C=O) groups excluding carboxylic acids is 2. The molecule has 0 saturated carbocycles. The fourth-order valence-electron chi connectivity index (χ4n) is 9.89. The van der Waals surface area contributed by atoms with Crippen LogP contribution in [0.15, 0.2) is 121 Å². The summed E-state index contributed by atoms with van der Waals surface area (Å²) < 4.78 is 34.4. The van der Waals surface area contributed by atoms with Gasteiger partial charge in [0.1, 0.15) is 12.2 Å². The molecule has 2 aliphatic carbocycles. The minimum atomic E-state index is -1.11.